The summed E-state index contributed by atoms with van der Waals surface area (Å²) in [7, 11) is 0. The quantitative estimate of drug-likeness (QED) is 0.507. The van der Waals surface area contributed by atoms with Crippen molar-refractivity contribution >= 4 is 28.8 Å². The normalized spacial score (nSPS) is 21.3. The fourth-order valence-corrected chi connectivity index (χ4v) is 6.06. The minimum absolute atomic E-state index is 0.106. The molecule has 178 valence electrons. The predicted molar refractivity (Wildman–Crippen MR) is 136 cm³/mol. The lowest BCUT2D eigenvalue weighted by atomic mass is 9.92. The van der Waals surface area contributed by atoms with Crippen molar-refractivity contribution in [3.63, 3.8) is 0 Å². The molecule has 1 saturated carbocycles. The second-order valence-corrected chi connectivity index (χ2v) is 10.9. The van der Waals surface area contributed by atoms with Crippen molar-refractivity contribution in [2.75, 3.05) is 4.90 Å². The van der Waals surface area contributed by atoms with E-state index in [2.05, 4.69) is 11.4 Å². The number of hydrogen-bond donors (Lipinski definition) is 1. The number of fused-ring (bicyclic) bond motifs is 1. The summed E-state index contributed by atoms with van der Waals surface area (Å²) in [6, 6.07) is 12.1. The predicted octanol–water partition coefficient (Wildman–Crippen LogP) is 5.49. The zero-order chi connectivity index (χ0) is 23.9. The van der Waals surface area contributed by atoms with Gasteiger partial charge < -0.3 is 5.32 Å². The van der Waals surface area contributed by atoms with Crippen molar-refractivity contribution in [1.29, 1.82) is 0 Å². The number of aryl methyl sites for hydroxylation is 2. The Morgan fingerprint density at radius 3 is 2.44 bits per heavy atom. The summed E-state index contributed by atoms with van der Waals surface area (Å²) in [5.74, 6) is -0.296. The average molecular weight is 477 g/mol. The third kappa shape index (κ3) is 4.17. The molecule has 7 heteroatoms. The van der Waals surface area contributed by atoms with Crippen molar-refractivity contribution in [3.8, 4) is 10.6 Å². The Bertz CT molecular complexity index is 1190. The van der Waals surface area contributed by atoms with Crippen LogP contribution < -0.4 is 10.2 Å². The summed E-state index contributed by atoms with van der Waals surface area (Å²) < 4.78 is 1.73. The molecule has 0 bridgehead atoms. The summed E-state index contributed by atoms with van der Waals surface area (Å²) >= 11 is 1.59. The van der Waals surface area contributed by atoms with E-state index in [0.717, 1.165) is 53.1 Å². The molecule has 1 aromatic carbocycles. The number of thiophene rings is 1. The Hall–Kier alpha value is -2.93. The van der Waals surface area contributed by atoms with Crippen LogP contribution in [-0.4, -0.2) is 33.2 Å². The first kappa shape index (κ1) is 22.8. The van der Waals surface area contributed by atoms with Gasteiger partial charge in [0.1, 0.15) is 16.9 Å². The minimum Gasteiger partial charge on any atom is -0.351 e. The summed E-state index contributed by atoms with van der Waals surface area (Å²) in [6.45, 7) is 6.23. The van der Waals surface area contributed by atoms with Gasteiger partial charge in [-0.25, -0.2) is 0 Å². The monoisotopic (exact) mass is 476 g/mol. The van der Waals surface area contributed by atoms with Gasteiger partial charge in [0, 0.05) is 11.7 Å². The number of anilines is 1. The van der Waals surface area contributed by atoms with E-state index in [-0.39, 0.29) is 17.9 Å². The molecule has 0 saturated heterocycles. The fraction of sp³-hybridized carbons (Fsp3) is 0.444. The van der Waals surface area contributed by atoms with E-state index >= 15 is 0 Å². The summed E-state index contributed by atoms with van der Waals surface area (Å²) in [6.07, 6.45) is 6.70. The first-order valence-corrected chi connectivity index (χ1v) is 13.1. The lowest BCUT2D eigenvalue weighted by Gasteiger charge is -2.44. The molecule has 0 radical (unpaired) electrons. The maximum atomic E-state index is 14.0. The second kappa shape index (κ2) is 9.02. The molecule has 34 heavy (non-hydrogen) atoms. The number of nitrogens with zero attached hydrogens (tertiary/aromatic N) is 3. The van der Waals surface area contributed by atoms with Crippen LogP contribution in [0.4, 0.5) is 5.69 Å². The molecule has 5 rings (SSSR count). The van der Waals surface area contributed by atoms with Gasteiger partial charge in [0.25, 0.3) is 5.91 Å². The number of carbonyl (C=O) groups is 2. The Balaban J connectivity index is 1.57. The smallest absolute Gasteiger partial charge is 0.277 e. The van der Waals surface area contributed by atoms with Gasteiger partial charge in [-0.1, -0.05) is 37.8 Å². The number of rotatable bonds is 4. The van der Waals surface area contributed by atoms with E-state index in [4.69, 9.17) is 5.10 Å². The Kier molecular flexibility index (Phi) is 6.06. The Morgan fingerprint density at radius 2 is 1.79 bits per heavy atom. The van der Waals surface area contributed by atoms with Crippen molar-refractivity contribution in [3.05, 3.63) is 58.6 Å². The lowest BCUT2D eigenvalue weighted by Crippen LogP contribution is -2.65. The minimum atomic E-state index is -1.09. The van der Waals surface area contributed by atoms with Crippen LogP contribution in [0.25, 0.3) is 10.6 Å². The fourth-order valence-electron chi connectivity index (χ4n) is 5.38. The molecule has 3 aromatic rings. The maximum absolute atomic E-state index is 14.0. The Labute approximate surface area is 205 Å². The molecule has 1 aliphatic heterocycles. The standard InChI is InChI=1S/C27H32N4O2S/c1-18-13-19(2)15-21(14-18)31-25(32)23-16-22(24-11-8-12-34-24)29-30(23)17-27(31,3)26(33)28-20-9-6-4-5-7-10-20/h8,11-16,20H,4-7,9-10,17H2,1-3H3,(H,28,33). The van der Waals surface area contributed by atoms with Crippen LogP contribution in [0.2, 0.25) is 0 Å². The van der Waals surface area contributed by atoms with Crippen LogP contribution in [0, 0.1) is 13.8 Å². The van der Waals surface area contributed by atoms with Gasteiger partial charge in [-0.05, 0) is 74.4 Å². The highest BCUT2D eigenvalue weighted by Gasteiger charge is 2.49. The number of carbonyl (C=O) groups excluding carboxylic acids is 2. The van der Waals surface area contributed by atoms with Crippen LogP contribution in [0.15, 0.2) is 41.8 Å². The van der Waals surface area contributed by atoms with Crippen LogP contribution >= 0.6 is 11.3 Å². The molecule has 6 nitrogen and oxygen atoms in total. The van der Waals surface area contributed by atoms with Crippen LogP contribution in [0.1, 0.15) is 67.1 Å². The SMILES string of the molecule is Cc1cc(C)cc(N2C(=O)c3cc(-c4cccs4)nn3CC2(C)C(=O)NC2CCCCCC2)c1. The van der Waals surface area contributed by atoms with Gasteiger partial charge in [-0.3, -0.25) is 19.2 Å². The number of nitrogens with one attached hydrogen (secondary N) is 1. The highest BCUT2D eigenvalue weighted by atomic mass is 32.1. The Morgan fingerprint density at radius 1 is 1.09 bits per heavy atom. The molecule has 2 aliphatic rings. The number of benzene rings is 1. The first-order chi connectivity index (χ1) is 16.3. The lowest BCUT2D eigenvalue weighted by molar-refractivity contribution is -0.127. The van der Waals surface area contributed by atoms with Crippen LogP contribution in [0.5, 0.6) is 0 Å². The van der Waals surface area contributed by atoms with E-state index in [1.807, 2.05) is 56.5 Å². The van der Waals surface area contributed by atoms with Crippen LogP contribution in [-0.2, 0) is 11.3 Å². The van der Waals surface area contributed by atoms with Gasteiger partial charge in [0.05, 0.1) is 11.4 Å². The number of hydrogen-bond acceptors (Lipinski definition) is 4. The molecule has 1 fully saturated rings. The molecule has 1 unspecified atom stereocenters. The first-order valence-electron chi connectivity index (χ1n) is 12.2. The molecule has 1 atom stereocenters. The molecule has 2 amide bonds. The number of aromatic nitrogens is 2. The van der Waals surface area contributed by atoms with Crippen molar-refractivity contribution < 1.29 is 9.59 Å². The molecule has 0 spiro atoms. The zero-order valence-corrected chi connectivity index (χ0v) is 21.0. The molecule has 3 heterocycles. The maximum Gasteiger partial charge on any atom is 0.277 e. The average Bonchev–Trinajstić information content (AvgIpc) is 3.38. The third-order valence-electron chi connectivity index (χ3n) is 7.07. The van der Waals surface area contributed by atoms with E-state index in [9.17, 15) is 9.59 Å². The number of amides is 2. The molecular formula is C27H32N4O2S. The topological polar surface area (TPSA) is 67.2 Å². The van der Waals surface area contributed by atoms with Gasteiger partial charge in [-0.2, -0.15) is 5.10 Å². The second-order valence-electron chi connectivity index (χ2n) is 9.97. The summed E-state index contributed by atoms with van der Waals surface area (Å²) in [4.78, 5) is 30.6. The van der Waals surface area contributed by atoms with Crippen molar-refractivity contribution in [1.82, 2.24) is 15.1 Å². The third-order valence-corrected chi connectivity index (χ3v) is 7.96. The summed E-state index contributed by atoms with van der Waals surface area (Å²) in [5.41, 5.74) is 3.08. The van der Waals surface area contributed by atoms with Gasteiger partial charge in [0.2, 0.25) is 5.91 Å². The largest absolute Gasteiger partial charge is 0.351 e. The highest BCUT2D eigenvalue weighted by Crippen LogP contribution is 2.36. The van der Waals surface area contributed by atoms with E-state index in [1.165, 1.54) is 12.8 Å². The van der Waals surface area contributed by atoms with E-state index in [1.54, 1.807) is 20.9 Å². The highest BCUT2D eigenvalue weighted by molar-refractivity contribution is 7.13. The molecule has 2 aromatic heterocycles. The molecular weight excluding hydrogens is 444 g/mol. The van der Waals surface area contributed by atoms with E-state index in [0.29, 0.717) is 12.2 Å². The molecule has 1 N–H and O–H groups in total. The summed E-state index contributed by atoms with van der Waals surface area (Å²) in [5, 5.41) is 10.1. The van der Waals surface area contributed by atoms with Gasteiger partial charge in [-0.15, -0.1) is 11.3 Å². The van der Waals surface area contributed by atoms with Crippen LogP contribution in [0.3, 0.4) is 0 Å². The van der Waals surface area contributed by atoms with Crippen molar-refractivity contribution in [2.45, 2.75) is 77.4 Å². The van der Waals surface area contributed by atoms with E-state index < -0.39 is 5.54 Å². The van der Waals surface area contributed by atoms with Crippen molar-refractivity contribution in [2.24, 2.45) is 0 Å². The van der Waals surface area contributed by atoms with Gasteiger partial charge in [0.15, 0.2) is 0 Å². The zero-order valence-electron chi connectivity index (χ0n) is 20.1. The van der Waals surface area contributed by atoms with Gasteiger partial charge >= 0.3 is 0 Å². The molecule has 1 aliphatic carbocycles.